The Morgan fingerprint density at radius 2 is 2.05 bits per heavy atom. The van der Waals surface area contributed by atoms with E-state index in [1.165, 1.54) is 19.3 Å². The number of anilines is 1. The molecule has 2 fully saturated rings. The van der Waals surface area contributed by atoms with Crippen molar-refractivity contribution in [1.82, 2.24) is 14.9 Å². The Morgan fingerprint density at radius 1 is 1.24 bits per heavy atom. The first-order valence-electron chi connectivity index (χ1n) is 8.16. The van der Waals surface area contributed by atoms with Gasteiger partial charge in [-0.1, -0.05) is 0 Å². The molecule has 5 nitrogen and oxygen atoms in total. The molecule has 3 heterocycles. The van der Waals surface area contributed by atoms with Crippen LogP contribution in [0.5, 0.6) is 5.88 Å². The van der Waals surface area contributed by atoms with Gasteiger partial charge in [-0.05, 0) is 40.0 Å². The zero-order chi connectivity index (χ0) is 14.8. The molecule has 1 aromatic rings. The van der Waals surface area contributed by atoms with Gasteiger partial charge in [0.2, 0.25) is 5.88 Å². The number of hydrogen-bond donors (Lipinski definition) is 0. The van der Waals surface area contributed by atoms with E-state index in [0.29, 0.717) is 24.6 Å². The molecule has 1 aromatic heterocycles. The lowest BCUT2D eigenvalue weighted by Gasteiger charge is -2.32. The number of nitrogens with zero attached hydrogens (tertiary/aromatic N) is 4. The van der Waals surface area contributed by atoms with Crippen LogP contribution in [0.25, 0.3) is 0 Å². The molecule has 2 bridgehead atoms. The van der Waals surface area contributed by atoms with E-state index >= 15 is 0 Å². The van der Waals surface area contributed by atoms with Crippen molar-refractivity contribution in [2.75, 3.05) is 24.6 Å². The van der Waals surface area contributed by atoms with Crippen molar-refractivity contribution in [1.29, 1.82) is 0 Å². The van der Waals surface area contributed by atoms with E-state index < -0.39 is 0 Å². The highest BCUT2D eigenvalue weighted by Gasteiger charge is 2.38. The molecule has 0 aromatic carbocycles. The quantitative estimate of drug-likeness (QED) is 0.851. The van der Waals surface area contributed by atoms with Gasteiger partial charge in [0.15, 0.2) is 0 Å². The molecule has 2 saturated heterocycles. The first-order chi connectivity index (χ1) is 10.2. The lowest BCUT2D eigenvalue weighted by molar-refractivity contribution is 0.158. The SMILES string of the molecule is CCOc1cc(N2CCC3CCC(C2)N3C(C)C)ncn1. The van der Waals surface area contributed by atoms with Crippen LogP contribution in [-0.2, 0) is 0 Å². The molecule has 0 N–H and O–H groups in total. The molecule has 0 aliphatic carbocycles. The molecular weight excluding hydrogens is 264 g/mol. The van der Waals surface area contributed by atoms with Gasteiger partial charge in [0.25, 0.3) is 0 Å². The van der Waals surface area contributed by atoms with Gasteiger partial charge >= 0.3 is 0 Å². The van der Waals surface area contributed by atoms with Gasteiger partial charge in [-0.15, -0.1) is 0 Å². The van der Waals surface area contributed by atoms with Crippen LogP contribution < -0.4 is 9.64 Å². The van der Waals surface area contributed by atoms with Gasteiger partial charge < -0.3 is 9.64 Å². The summed E-state index contributed by atoms with van der Waals surface area (Å²) in [6, 6.07) is 4.01. The van der Waals surface area contributed by atoms with Gasteiger partial charge in [0.1, 0.15) is 12.1 Å². The zero-order valence-electron chi connectivity index (χ0n) is 13.3. The van der Waals surface area contributed by atoms with Crippen molar-refractivity contribution in [2.24, 2.45) is 0 Å². The molecule has 0 radical (unpaired) electrons. The highest BCUT2D eigenvalue weighted by atomic mass is 16.5. The Morgan fingerprint density at radius 3 is 2.81 bits per heavy atom. The fourth-order valence-corrected chi connectivity index (χ4v) is 3.89. The standard InChI is InChI=1S/C16H26N4O/c1-4-21-16-9-15(17-11-18-16)19-8-7-13-5-6-14(10-19)20(13)12(2)3/h9,11-14H,4-8,10H2,1-3H3. The van der Waals surface area contributed by atoms with Gasteiger partial charge in [-0.3, -0.25) is 4.90 Å². The van der Waals surface area contributed by atoms with E-state index in [-0.39, 0.29) is 0 Å². The minimum atomic E-state index is 0.631. The van der Waals surface area contributed by atoms with E-state index in [1.54, 1.807) is 6.33 Å². The molecule has 3 rings (SSSR count). The summed E-state index contributed by atoms with van der Waals surface area (Å²) in [5, 5.41) is 0. The monoisotopic (exact) mass is 290 g/mol. The summed E-state index contributed by atoms with van der Waals surface area (Å²) >= 11 is 0. The van der Waals surface area contributed by atoms with Crippen LogP contribution in [0.4, 0.5) is 5.82 Å². The Hall–Kier alpha value is -1.36. The molecular formula is C16H26N4O. The van der Waals surface area contributed by atoms with Crippen LogP contribution in [-0.4, -0.2) is 52.7 Å². The van der Waals surface area contributed by atoms with Crippen LogP contribution in [0.15, 0.2) is 12.4 Å². The summed E-state index contributed by atoms with van der Waals surface area (Å²) in [5.41, 5.74) is 0. The largest absolute Gasteiger partial charge is 0.478 e. The molecule has 2 atom stereocenters. The fourth-order valence-electron chi connectivity index (χ4n) is 3.89. The van der Waals surface area contributed by atoms with Crippen molar-refractivity contribution in [3.8, 4) is 5.88 Å². The van der Waals surface area contributed by atoms with Gasteiger partial charge in [-0.2, -0.15) is 0 Å². The third-order valence-electron chi connectivity index (χ3n) is 4.68. The molecule has 0 amide bonds. The van der Waals surface area contributed by atoms with E-state index in [9.17, 15) is 0 Å². The second kappa shape index (κ2) is 6.18. The van der Waals surface area contributed by atoms with Gasteiger partial charge in [0.05, 0.1) is 6.61 Å². The molecule has 116 valence electrons. The Kier molecular flexibility index (Phi) is 4.29. The number of hydrogen-bond acceptors (Lipinski definition) is 5. The lowest BCUT2D eigenvalue weighted by atomic mass is 10.1. The minimum Gasteiger partial charge on any atom is -0.478 e. The molecule has 0 spiro atoms. The van der Waals surface area contributed by atoms with Crippen molar-refractivity contribution >= 4 is 5.82 Å². The summed E-state index contributed by atoms with van der Waals surface area (Å²) in [6.45, 7) is 9.40. The summed E-state index contributed by atoms with van der Waals surface area (Å²) in [5.74, 6) is 1.68. The first-order valence-corrected chi connectivity index (χ1v) is 8.16. The molecule has 2 aliphatic rings. The Labute approximate surface area is 127 Å². The second-order valence-corrected chi connectivity index (χ2v) is 6.31. The zero-order valence-corrected chi connectivity index (χ0v) is 13.3. The molecule has 2 aliphatic heterocycles. The van der Waals surface area contributed by atoms with Crippen molar-refractivity contribution in [2.45, 2.75) is 58.2 Å². The fraction of sp³-hybridized carbons (Fsp3) is 0.750. The molecule has 0 saturated carbocycles. The first kappa shape index (κ1) is 14.6. The maximum absolute atomic E-state index is 5.50. The average molecular weight is 290 g/mol. The van der Waals surface area contributed by atoms with Crippen LogP contribution in [0.3, 0.4) is 0 Å². The van der Waals surface area contributed by atoms with Crippen LogP contribution >= 0.6 is 0 Å². The highest BCUT2D eigenvalue weighted by molar-refractivity contribution is 5.41. The third-order valence-corrected chi connectivity index (χ3v) is 4.68. The highest BCUT2D eigenvalue weighted by Crippen LogP contribution is 2.33. The van der Waals surface area contributed by atoms with Crippen LogP contribution in [0.1, 0.15) is 40.0 Å². The minimum absolute atomic E-state index is 0.631. The third kappa shape index (κ3) is 2.98. The molecule has 5 heteroatoms. The predicted octanol–water partition coefficient (Wildman–Crippen LogP) is 2.33. The smallest absolute Gasteiger partial charge is 0.218 e. The molecule has 21 heavy (non-hydrogen) atoms. The molecule has 2 unspecified atom stereocenters. The van der Waals surface area contributed by atoms with E-state index in [0.717, 1.165) is 24.9 Å². The number of fused-ring (bicyclic) bond motifs is 2. The second-order valence-electron chi connectivity index (χ2n) is 6.31. The number of aromatic nitrogens is 2. The van der Waals surface area contributed by atoms with Gasteiger partial charge in [-0.25, -0.2) is 9.97 Å². The van der Waals surface area contributed by atoms with E-state index in [2.05, 4.69) is 33.6 Å². The van der Waals surface area contributed by atoms with Crippen molar-refractivity contribution < 1.29 is 4.74 Å². The summed E-state index contributed by atoms with van der Waals surface area (Å²) in [4.78, 5) is 13.7. The Bertz CT molecular complexity index is 479. The van der Waals surface area contributed by atoms with E-state index in [1.807, 2.05) is 13.0 Å². The summed E-state index contributed by atoms with van der Waals surface area (Å²) in [7, 11) is 0. The van der Waals surface area contributed by atoms with Crippen LogP contribution in [0.2, 0.25) is 0 Å². The lowest BCUT2D eigenvalue weighted by Crippen LogP contribution is -2.43. The predicted molar refractivity (Wildman–Crippen MR) is 83.8 cm³/mol. The topological polar surface area (TPSA) is 41.5 Å². The summed E-state index contributed by atoms with van der Waals surface area (Å²) < 4.78 is 5.50. The normalized spacial score (nSPS) is 26.2. The maximum Gasteiger partial charge on any atom is 0.218 e. The van der Waals surface area contributed by atoms with Crippen molar-refractivity contribution in [3.05, 3.63) is 12.4 Å². The van der Waals surface area contributed by atoms with Crippen LogP contribution in [0, 0.1) is 0 Å². The number of ether oxygens (including phenoxy) is 1. The number of rotatable bonds is 4. The maximum atomic E-state index is 5.50. The summed E-state index contributed by atoms with van der Waals surface area (Å²) in [6.07, 6.45) is 5.50. The Balaban J connectivity index is 1.77. The van der Waals surface area contributed by atoms with Crippen molar-refractivity contribution in [3.63, 3.8) is 0 Å². The van der Waals surface area contributed by atoms with E-state index in [4.69, 9.17) is 4.74 Å². The van der Waals surface area contributed by atoms with Gasteiger partial charge in [0, 0.05) is 37.3 Å². The average Bonchev–Trinajstić information content (AvgIpc) is 2.74.